The summed E-state index contributed by atoms with van der Waals surface area (Å²) in [7, 11) is 0. The number of aryl methyl sites for hydroxylation is 2. The van der Waals surface area contributed by atoms with Gasteiger partial charge in [-0.1, -0.05) is 181 Å². The molecular weight excluding hydrogens is 552 g/mol. The number of nitrogens with zero attached hydrogens (tertiary/aromatic N) is 2. The van der Waals surface area contributed by atoms with Crippen molar-refractivity contribution in [2.75, 3.05) is 0 Å². The normalized spacial score (nSPS) is 11.2. The highest BCUT2D eigenvalue weighted by Crippen LogP contribution is 2.15. The number of hydrogen-bond acceptors (Lipinski definition) is 0. The lowest BCUT2D eigenvalue weighted by Gasteiger charge is -2.03. The van der Waals surface area contributed by atoms with Crippen LogP contribution in [0, 0.1) is 0 Å². The van der Waals surface area contributed by atoms with E-state index >= 15 is 0 Å². The number of hydrogen-bond donors (Lipinski definition) is 0. The van der Waals surface area contributed by atoms with E-state index in [1.54, 1.807) is 0 Å². The number of rotatable bonds is 32. The van der Waals surface area contributed by atoms with Gasteiger partial charge in [0.15, 0.2) is 0 Å². The molecule has 0 saturated heterocycles. The summed E-state index contributed by atoms with van der Waals surface area (Å²) in [6, 6.07) is 0. The highest BCUT2D eigenvalue weighted by molar-refractivity contribution is 4.66. The minimum absolute atomic E-state index is 0. The van der Waals surface area contributed by atoms with Crippen LogP contribution in [0.3, 0.4) is 0 Å². The molecule has 1 aromatic rings. The Labute approximate surface area is 263 Å². The molecule has 0 aliphatic rings. The molecule has 0 N–H and O–H groups in total. The predicted molar refractivity (Wildman–Crippen MR) is 174 cm³/mol. The molecule has 0 bridgehead atoms. The van der Waals surface area contributed by atoms with Crippen LogP contribution in [0.1, 0.15) is 206 Å². The maximum Gasteiger partial charge on any atom is 0.243 e. The Morgan fingerprint density at radius 3 is 1.05 bits per heavy atom. The average molecular weight is 626 g/mol. The van der Waals surface area contributed by atoms with Crippen LogP contribution in [0.15, 0.2) is 18.7 Å². The summed E-state index contributed by atoms with van der Waals surface area (Å²) in [6.07, 6.45) is 50.2. The highest BCUT2D eigenvalue weighted by atomic mass is 79.9. The molecule has 0 aliphatic carbocycles. The van der Waals surface area contributed by atoms with E-state index in [0.29, 0.717) is 0 Å². The zero-order chi connectivity index (χ0) is 27.9. The summed E-state index contributed by atoms with van der Waals surface area (Å²) < 4.78 is 4.82. The second kappa shape index (κ2) is 33.2. The number of halogens is 1. The van der Waals surface area contributed by atoms with E-state index in [0.717, 1.165) is 0 Å². The molecule has 0 amide bonds. The molecule has 0 saturated carbocycles. The Kier molecular flexibility index (Phi) is 32.9. The number of imidazole rings is 1. The van der Waals surface area contributed by atoms with Gasteiger partial charge in [0, 0.05) is 0 Å². The van der Waals surface area contributed by atoms with Gasteiger partial charge in [0.1, 0.15) is 12.4 Å². The average Bonchev–Trinajstić information content (AvgIpc) is 3.40. The van der Waals surface area contributed by atoms with Crippen molar-refractivity contribution < 1.29 is 21.5 Å². The molecule has 0 aliphatic heterocycles. The first kappa shape index (κ1) is 39.7. The van der Waals surface area contributed by atoms with Crippen LogP contribution in [0.2, 0.25) is 0 Å². The van der Waals surface area contributed by atoms with Crippen molar-refractivity contribution in [1.82, 2.24) is 4.57 Å². The Morgan fingerprint density at radius 2 is 0.700 bits per heavy atom. The molecule has 0 unspecified atom stereocenters. The van der Waals surface area contributed by atoms with Gasteiger partial charge in [-0.3, -0.25) is 0 Å². The minimum Gasteiger partial charge on any atom is -1.00 e. The monoisotopic (exact) mass is 624 g/mol. The Balaban J connectivity index is 0.0000152. The summed E-state index contributed by atoms with van der Waals surface area (Å²) in [5.41, 5.74) is 0. The van der Waals surface area contributed by atoms with Gasteiger partial charge in [-0.25, -0.2) is 9.13 Å². The van der Waals surface area contributed by atoms with Crippen LogP contribution >= 0.6 is 0 Å². The Bertz CT molecular complexity index is 536. The van der Waals surface area contributed by atoms with Crippen LogP contribution in [0.4, 0.5) is 0 Å². The van der Waals surface area contributed by atoms with Gasteiger partial charge in [0.25, 0.3) is 0 Å². The van der Waals surface area contributed by atoms with E-state index in [9.17, 15) is 0 Å². The molecular formula is C37H73BrN2. The van der Waals surface area contributed by atoms with Crippen molar-refractivity contribution in [3.8, 4) is 0 Å². The van der Waals surface area contributed by atoms with Crippen molar-refractivity contribution >= 4 is 0 Å². The fourth-order valence-electron chi connectivity index (χ4n) is 6.03. The maximum absolute atomic E-state index is 2.41. The summed E-state index contributed by atoms with van der Waals surface area (Å²) >= 11 is 0. The predicted octanol–water partition coefficient (Wildman–Crippen LogP) is 9.52. The van der Waals surface area contributed by atoms with Gasteiger partial charge in [-0.2, -0.15) is 0 Å². The quantitative estimate of drug-likeness (QED) is 0.0557. The van der Waals surface area contributed by atoms with Crippen molar-refractivity contribution in [2.45, 2.75) is 220 Å². The second-order valence-corrected chi connectivity index (χ2v) is 12.8. The lowest BCUT2D eigenvalue weighted by atomic mass is 10.0. The fraction of sp³-hybridized carbons (Fsp3) is 0.919. The SMILES string of the molecule is CCCCCCCCCCCCCCCCCn1cc[n+](CCCCCCCCCCCCCCCCC)c1.[Br-]. The molecule has 0 radical (unpaired) electrons. The van der Waals surface area contributed by atoms with E-state index in [4.69, 9.17) is 0 Å². The Morgan fingerprint density at radius 1 is 0.400 bits per heavy atom. The highest BCUT2D eigenvalue weighted by Gasteiger charge is 2.04. The third-order valence-electron chi connectivity index (χ3n) is 8.79. The van der Waals surface area contributed by atoms with Crippen LogP contribution < -0.4 is 21.5 Å². The van der Waals surface area contributed by atoms with Gasteiger partial charge in [0.05, 0.1) is 13.1 Å². The lowest BCUT2D eigenvalue weighted by Crippen LogP contribution is -3.00. The van der Waals surface area contributed by atoms with Gasteiger partial charge in [-0.05, 0) is 25.7 Å². The zero-order valence-electron chi connectivity index (χ0n) is 27.6. The first-order valence-corrected chi connectivity index (χ1v) is 18.4. The molecule has 0 atom stereocenters. The van der Waals surface area contributed by atoms with Gasteiger partial charge in [0.2, 0.25) is 6.33 Å². The molecule has 1 rings (SSSR count). The molecule has 2 nitrogen and oxygen atoms in total. The Hall–Kier alpha value is -0.310. The third kappa shape index (κ3) is 27.8. The minimum atomic E-state index is 0. The van der Waals surface area contributed by atoms with Crippen LogP contribution in [0.25, 0.3) is 0 Å². The molecule has 238 valence electrons. The van der Waals surface area contributed by atoms with Crippen molar-refractivity contribution in [1.29, 1.82) is 0 Å². The molecule has 1 heterocycles. The van der Waals surface area contributed by atoms with Crippen molar-refractivity contribution in [3.05, 3.63) is 18.7 Å². The number of unbranched alkanes of at least 4 members (excludes halogenated alkanes) is 28. The van der Waals surface area contributed by atoms with E-state index in [2.05, 4.69) is 41.7 Å². The van der Waals surface area contributed by atoms with Crippen LogP contribution in [0.5, 0.6) is 0 Å². The fourth-order valence-corrected chi connectivity index (χ4v) is 6.03. The molecule has 3 heteroatoms. The molecule has 0 aromatic carbocycles. The third-order valence-corrected chi connectivity index (χ3v) is 8.79. The molecule has 0 spiro atoms. The van der Waals surface area contributed by atoms with Crippen LogP contribution in [-0.2, 0) is 13.1 Å². The van der Waals surface area contributed by atoms with Crippen LogP contribution in [-0.4, -0.2) is 4.57 Å². The second-order valence-electron chi connectivity index (χ2n) is 12.8. The summed E-state index contributed by atoms with van der Waals surface area (Å²) in [4.78, 5) is 0. The molecule has 40 heavy (non-hydrogen) atoms. The largest absolute Gasteiger partial charge is 1.00 e. The topological polar surface area (TPSA) is 8.81 Å². The summed E-state index contributed by atoms with van der Waals surface area (Å²) in [5, 5.41) is 0. The van der Waals surface area contributed by atoms with E-state index in [-0.39, 0.29) is 17.0 Å². The molecule has 0 fully saturated rings. The smallest absolute Gasteiger partial charge is 0.243 e. The molecule has 1 aromatic heterocycles. The van der Waals surface area contributed by atoms with Crippen molar-refractivity contribution in [3.63, 3.8) is 0 Å². The standard InChI is InChI=1S/C37H73N2.BrH/c1-3-5-7-9-11-13-15-17-19-21-23-25-27-29-31-33-38-35-36-39(37-38)34-32-30-28-26-24-22-20-18-16-14-12-10-8-6-4-2;/h35-37H,3-34H2,1-2H3;1H/q+1;/p-1. The van der Waals surface area contributed by atoms with Gasteiger partial charge < -0.3 is 17.0 Å². The van der Waals surface area contributed by atoms with E-state index < -0.39 is 0 Å². The van der Waals surface area contributed by atoms with E-state index in [1.807, 2.05) is 0 Å². The first-order valence-electron chi connectivity index (χ1n) is 18.4. The van der Waals surface area contributed by atoms with E-state index in [1.165, 1.54) is 206 Å². The zero-order valence-corrected chi connectivity index (χ0v) is 29.2. The summed E-state index contributed by atoms with van der Waals surface area (Å²) in [5.74, 6) is 0. The lowest BCUT2D eigenvalue weighted by molar-refractivity contribution is -0.696. The maximum atomic E-state index is 2.41. The van der Waals surface area contributed by atoms with Crippen molar-refractivity contribution in [2.24, 2.45) is 0 Å². The number of aromatic nitrogens is 2. The first-order chi connectivity index (χ1) is 19.4. The van der Waals surface area contributed by atoms with Gasteiger partial charge >= 0.3 is 0 Å². The summed E-state index contributed by atoms with van der Waals surface area (Å²) in [6.45, 7) is 7.01. The van der Waals surface area contributed by atoms with Gasteiger partial charge in [-0.15, -0.1) is 0 Å².